The van der Waals surface area contributed by atoms with E-state index in [1.807, 2.05) is 6.92 Å². The molecule has 5 heteroatoms. The van der Waals surface area contributed by atoms with E-state index in [2.05, 4.69) is 26.1 Å². The summed E-state index contributed by atoms with van der Waals surface area (Å²) in [5, 5.41) is 2.93. The summed E-state index contributed by atoms with van der Waals surface area (Å²) >= 11 is 0. The maximum Gasteiger partial charge on any atom is 0.237 e. The van der Waals surface area contributed by atoms with Crippen LogP contribution in [0.5, 0.6) is 0 Å². The van der Waals surface area contributed by atoms with Gasteiger partial charge in [-0.15, -0.1) is 0 Å². The Kier molecular flexibility index (Phi) is 11.5. The molecule has 0 saturated heterocycles. The summed E-state index contributed by atoms with van der Waals surface area (Å²) in [6, 6.07) is -0.451. The third-order valence-electron chi connectivity index (χ3n) is 4.45. The molecule has 0 bridgehead atoms. The average molecular weight is 316 g/mol. The Balaban J connectivity index is 4.11. The Morgan fingerprint density at radius 2 is 1.95 bits per heavy atom. The average Bonchev–Trinajstić information content (AvgIpc) is 2.52. The lowest BCUT2D eigenvalue weighted by molar-refractivity contribution is -0.124. The van der Waals surface area contributed by atoms with E-state index in [1.54, 1.807) is 0 Å². The second-order valence-corrected chi connectivity index (χ2v) is 6.56. The maximum atomic E-state index is 12.0. The standard InChI is InChI=1S/C17H37N3O2/c1-5-14(3)10-12-22-17(4,6-2)13-20-16(21)15(19)9-7-8-11-18/h14-15H,5-13,18-19H2,1-4H3,(H,20,21). The molecule has 0 rings (SSSR count). The Morgan fingerprint density at radius 3 is 2.50 bits per heavy atom. The largest absolute Gasteiger partial charge is 0.373 e. The summed E-state index contributed by atoms with van der Waals surface area (Å²) in [6.45, 7) is 10.4. The van der Waals surface area contributed by atoms with Gasteiger partial charge in [0.1, 0.15) is 0 Å². The van der Waals surface area contributed by atoms with E-state index in [-0.39, 0.29) is 11.5 Å². The summed E-state index contributed by atoms with van der Waals surface area (Å²) < 4.78 is 6.01. The van der Waals surface area contributed by atoms with Crippen LogP contribution in [0.3, 0.4) is 0 Å². The summed E-state index contributed by atoms with van der Waals surface area (Å²) in [7, 11) is 0. The molecule has 0 spiro atoms. The predicted molar refractivity (Wildman–Crippen MR) is 92.6 cm³/mol. The van der Waals surface area contributed by atoms with E-state index in [1.165, 1.54) is 6.42 Å². The molecule has 0 heterocycles. The van der Waals surface area contributed by atoms with E-state index in [4.69, 9.17) is 16.2 Å². The maximum absolute atomic E-state index is 12.0. The predicted octanol–water partition coefficient (Wildman–Crippen LogP) is 2.18. The molecule has 0 saturated carbocycles. The lowest BCUT2D eigenvalue weighted by atomic mass is 10.0. The normalized spacial score (nSPS) is 16.8. The van der Waals surface area contributed by atoms with Crippen LogP contribution in [-0.4, -0.2) is 37.2 Å². The molecule has 0 fully saturated rings. The zero-order valence-electron chi connectivity index (χ0n) is 15.0. The smallest absolute Gasteiger partial charge is 0.237 e. The van der Waals surface area contributed by atoms with Gasteiger partial charge >= 0.3 is 0 Å². The highest BCUT2D eigenvalue weighted by Crippen LogP contribution is 2.16. The number of hydrogen-bond acceptors (Lipinski definition) is 4. The number of unbranched alkanes of at least 4 members (excludes halogenated alkanes) is 1. The molecule has 22 heavy (non-hydrogen) atoms. The molecular weight excluding hydrogens is 278 g/mol. The molecule has 0 radical (unpaired) electrons. The summed E-state index contributed by atoms with van der Waals surface area (Å²) in [5.74, 6) is 0.578. The molecule has 0 aliphatic rings. The molecule has 1 amide bonds. The highest BCUT2D eigenvalue weighted by molar-refractivity contribution is 5.81. The first-order chi connectivity index (χ1) is 10.4. The number of hydrogen-bond donors (Lipinski definition) is 3. The van der Waals surface area contributed by atoms with Gasteiger partial charge in [0, 0.05) is 13.2 Å². The summed E-state index contributed by atoms with van der Waals surface area (Å²) in [5.41, 5.74) is 11.0. The Bertz CT molecular complexity index is 300. The third kappa shape index (κ3) is 9.38. The quantitative estimate of drug-likeness (QED) is 0.454. The van der Waals surface area contributed by atoms with Crippen LogP contribution in [-0.2, 0) is 9.53 Å². The van der Waals surface area contributed by atoms with Gasteiger partial charge in [-0.1, -0.05) is 33.6 Å². The van der Waals surface area contributed by atoms with Crippen molar-refractivity contribution in [1.82, 2.24) is 5.32 Å². The molecule has 0 aromatic rings. The fourth-order valence-electron chi connectivity index (χ4n) is 2.03. The van der Waals surface area contributed by atoms with Crippen LogP contribution in [0, 0.1) is 5.92 Å². The highest BCUT2D eigenvalue weighted by atomic mass is 16.5. The third-order valence-corrected chi connectivity index (χ3v) is 4.45. The van der Waals surface area contributed by atoms with Gasteiger partial charge < -0.3 is 21.5 Å². The van der Waals surface area contributed by atoms with E-state index >= 15 is 0 Å². The van der Waals surface area contributed by atoms with Gasteiger partial charge in [0.25, 0.3) is 0 Å². The Labute approximate surface area is 136 Å². The van der Waals surface area contributed by atoms with E-state index in [0.29, 0.717) is 25.4 Å². The van der Waals surface area contributed by atoms with Crippen molar-refractivity contribution < 1.29 is 9.53 Å². The first-order valence-corrected chi connectivity index (χ1v) is 8.75. The molecule has 3 unspecified atom stereocenters. The van der Waals surface area contributed by atoms with Crippen molar-refractivity contribution in [3.63, 3.8) is 0 Å². The van der Waals surface area contributed by atoms with Gasteiger partial charge in [-0.2, -0.15) is 0 Å². The number of amides is 1. The van der Waals surface area contributed by atoms with Crippen molar-refractivity contribution >= 4 is 5.91 Å². The Morgan fingerprint density at radius 1 is 1.27 bits per heavy atom. The zero-order valence-corrected chi connectivity index (χ0v) is 15.0. The van der Waals surface area contributed by atoms with Crippen LogP contribution in [0.4, 0.5) is 0 Å². The van der Waals surface area contributed by atoms with Crippen molar-refractivity contribution in [3.05, 3.63) is 0 Å². The molecule has 0 aliphatic heterocycles. The molecule has 3 atom stereocenters. The minimum absolute atomic E-state index is 0.0952. The van der Waals surface area contributed by atoms with E-state index < -0.39 is 6.04 Å². The molecule has 0 aromatic heterocycles. The van der Waals surface area contributed by atoms with Crippen LogP contribution in [0.1, 0.15) is 66.2 Å². The van der Waals surface area contributed by atoms with Gasteiger partial charge in [-0.25, -0.2) is 0 Å². The Hall–Kier alpha value is -0.650. The molecule has 5 N–H and O–H groups in total. The molecular formula is C17H37N3O2. The fourth-order valence-corrected chi connectivity index (χ4v) is 2.03. The van der Waals surface area contributed by atoms with Crippen LogP contribution in [0.15, 0.2) is 0 Å². The van der Waals surface area contributed by atoms with Crippen molar-refractivity contribution in [1.29, 1.82) is 0 Å². The number of rotatable bonds is 13. The minimum Gasteiger partial charge on any atom is -0.373 e. The summed E-state index contributed by atoms with van der Waals surface area (Å²) in [4.78, 5) is 12.0. The van der Waals surface area contributed by atoms with Gasteiger partial charge in [0.2, 0.25) is 5.91 Å². The topological polar surface area (TPSA) is 90.4 Å². The first-order valence-electron chi connectivity index (χ1n) is 8.75. The van der Waals surface area contributed by atoms with Crippen molar-refractivity contribution in [2.75, 3.05) is 19.7 Å². The van der Waals surface area contributed by atoms with Crippen molar-refractivity contribution in [2.45, 2.75) is 77.9 Å². The van der Waals surface area contributed by atoms with Crippen molar-refractivity contribution in [2.24, 2.45) is 17.4 Å². The number of nitrogens with one attached hydrogen (secondary N) is 1. The molecule has 0 aliphatic carbocycles. The van der Waals surface area contributed by atoms with Gasteiger partial charge in [-0.05, 0) is 45.1 Å². The van der Waals surface area contributed by atoms with Gasteiger partial charge in [0.05, 0.1) is 11.6 Å². The van der Waals surface area contributed by atoms with Gasteiger partial charge in [-0.3, -0.25) is 4.79 Å². The molecule has 5 nitrogen and oxygen atoms in total. The lowest BCUT2D eigenvalue weighted by Gasteiger charge is -2.30. The first kappa shape index (κ1) is 21.4. The second kappa shape index (κ2) is 11.9. The summed E-state index contributed by atoms with van der Waals surface area (Å²) in [6.07, 6.45) is 5.56. The zero-order chi connectivity index (χ0) is 17.0. The van der Waals surface area contributed by atoms with Crippen molar-refractivity contribution in [3.8, 4) is 0 Å². The number of carbonyl (C=O) groups is 1. The van der Waals surface area contributed by atoms with Crippen LogP contribution in [0.2, 0.25) is 0 Å². The second-order valence-electron chi connectivity index (χ2n) is 6.56. The number of ether oxygens (including phenoxy) is 1. The highest BCUT2D eigenvalue weighted by Gasteiger charge is 2.25. The molecule has 132 valence electrons. The van der Waals surface area contributed by atoms with E-state index in [0.717, 1.165) is 32.3 Å². The SMILES string of the molecule is CCC(C)CCOC(C)(CC)CNC(=O)C(N)CCCCN. The van der Waals surface area contributed by atoms with E-state index in [9.17, 15) is 4.79 Å². The molecule has 0 aromatic carbocycles. The van der Waals surface area contributed by atoms with Gasteiger partial charge in [0.15, 0.2) is 0 Å². The minimum atomic E-state index is -0.451. The monoisotopic (exact) mass is 315 g/mol. The van der Waals surface area contributed by atoms with Crippen LogP contribution in [0.25, 0.3) is 0 Å². The lowest BCUT2D eigenvalue weighted by Crippen LogP contribution is -2.48. The number of nitrogens with two attached hydrogens (primary N) is 2. The van der Waals surface area contributed by atoms with Crippen LogP contribution < -0.4 is 16.8 Å². The fraction of sp³-hybridized carbons (Fsp3) is 0.941. The number of carbonyl (C=O) groups excluding carboxylic acids is 1. The van der Waals surface area contributed by atoms with Crippen LogP contribution >= 0.6 is 0 Å².